The van der Waals surface area contributed by atoms with Crippen LogP contribution in [-0.2, 0) is 4.74 Å². The first kappa shape index (κ1) is 14.2. The predicted octanol–water partition coefficient (Wildman–Crippen LogP) is 0.278. The summed E-state index contributed by atoms with van der Waals surface area (Å²) >= 11 is 0. The largest absolute Gasteiger partial charge is 0.442 e. The maximum Gasteiger partial charge on any atom is 0.407 e. The van der Waals surface area contributed by atoms with Crippen LogP contribution < -0.4 is 10.2 Å². The molecule has 2 aliphatic rings. The van der Waals surface area contributed by atoms with E-state index in [1.54, 1.807) is 0 Å². The van der Waals surface area contributed by atoms with Crippen LogP contribution in [0.15, 0.2) is 30.3 Å². The summed E-state index contributed by atoms with van der Waals surface area (Å²) < 4.78 is 5.02. The Morgan fingerprint density at radius 3 is 2.57 bits per heavy atom. The zero-order valence-electron chi connectivity index (χ0n) is 11.9. The first-order valence-corrected chi connectivity index (χ1v) is 7.36. The number of nitrogens with one attached hydrogen (secondary N) is 1. The highest BCUT2D eigenvalue weighted by molar-refractivity contribution is 5.70. The number of benzene rings is 1. The zero-order valence-corrected chi connectivity index (χ0v) is 11.9. The Labute approximate surface area is 124 Å². The topological polar surface area (TPSA) is 65.0 Å². The molecule has 0 spiro atoms. The van der Waals surface area contributed by atoms with Gasteiger partial charge in [0.2, 0.25) is 0 Å². The second kappa shape index (κ2) is 6.32. The lowest BCUT2D eigenvalue weighted by atomic mass is 10.1. The number of carbonyl (C=O) groups excluding carboxylic acids is 1. The quantitative estimate of drug-likeness (QED) is 0.834. The molecule has 1 amide bonds. The van der Waals surface area contributed by atoms with Crippen molar-refractivity contribution in [1.82, 2.24) is 10.2 Å². The smallest absolute Gasteiger partial charge is 0.407 e. The molecule has 0 unspecified atom stereocenters. The van der Waals surface area contributed by atoms with Gasteiger partial charge in [-0.05, 0) is 12.1 Å². The maximum absolute atomic E-state index is 11.2. The Morgan fingerprint density at radius 2 is 1.90 bits per heavy atom. The number of amides is 1. The lowest BCUT2D eigenvalue weighted by Gasteiger charge is -2.37. The molecule has 0 aliphatic carbocycles. The van der Waals surface area contributed by atoms with Crippen LogP contribution in [0.3, 0.4) is 0 Å². The molecular weight excluding hydrogens is 270 g/mol. The van der Waals surface area contributed by atoms with Crippen molar-refractivity contribution < 1.29 is 14.6 Å². The summed E-state index contributed by atoms with van der Waals surface area (Å²) in [6.45, 7) is 4.41. The predicted molar refractivity (Wildman–Crippen MR) is 79.4 cm³/mol. The molecule has 2 fully saturated rings. The molecule has 2 saturated heterocycles. The van der Waals surface area contributed by atoms with Crippen LogP contribution in [0.25, 0.3) is 0 Å². The van der Waals surface area contributed by atoms with E-state index in [0.29, 0.717) is 0 Å². The highest BCUT2D eigenvalue weighted by Gasteiger charge is 2.35. The Kier molecular flexibility index (Phi) is 4.26. The molecule has 2 N–H and O–H groups in total. The van der Waals surface area contributed by atoms with Crippen LogP contribution in [0, 0.1) is 0 Å². The molecular formula is C15H21N3O3. The van der Waals surface area contributed by atoms with Crippen LogP contribution >= 0.6 is 0 Å². The van der Waals surface area contributed by atoms with Crippen LogP contribution in [0.1, 0.15) is 0 Å². The molecule has 6 heteroatoms. The van der Waals surface area contributed by atoms with Crippen molar-refractivity contribution >= 4 is 11.8 Å². The first-order chi connectivity index (χ1) is 10.3. The summed E-state index contributed by atoms with van der Waals surface area (Å²) in [4.78, 5) is 15.9. The van der Waals surface area contributed by atoms with E-state index >= 15 is 0 Å². The molecule has 0 bridgehead atoms. The van der Waals surface area contributed by atoms with Gasteiger partial charge >= 0.3 is 6.09 Å². The van der Waals surface area contributed by atoms with E-state index in [9.17, 15) is 9.90 Å². The van der Waals surface area contributed by atoms with Gasteiger partial charge in [0.1, 0.15) is 6.10 Å². The Balaban J connectivity index is 1.51. The number of alkyl carbamates (subject to hydrolysis) is 1. The number of para-hydroxylation sites is 1. The van der Waals surface area contributed by atoms with Gasteiger partial charge in [-0.15, -0.1) is 0 Å². The lowest BCUT2D eigenvalue weighted by molar-refractivity contribution is 0.0744. The van der Waals surface area contributed by atoms with E-state index in [1.165, 1.54) is 5.69 Å². The lowest BCUT2D eigenvalue weighted by Crippen LogP contribution is -2.52. The molecule has 2 heterocycles. The summed E-state index contributed by atoms with van der Waals surface area (Å²) in [6.07, 6.45) is -0.855. The van der Waals surface area contributed by atoms with Crippen molar-refractivity contribution in [3.8, 4) is 0 Å². The molecule has 6 nitrogen and oxygen atoms in total. The van der Waals surface area contributed by atoms with Crippen molar-refractivity contribution in [3.05, 3.63) is 30.3 Å². The average Bonchev–Trinajstić information content (AvgIpc) is 2.88. The number of carbonyl (C=O) groups is 1. The standard InChI is InChI=1S/C15H21N3O3/c19-11-14-13(16-15(20)21-14)10-17-6-8-18(9-7-17)12-4-2-1-3-5-12/h1-5,13-14,19H,6-11H2,(H,16,20)/t13-,14+/m0/s1. The van der Waals surface area contributed by atoms with Crippen LogP contribution in [0.2, 0.25) is 0 Å². The number of aliphatic hydroxyl groups is 1. The van der Waals surface area contributed by atoms with Crippen LogP contribution in [0.4, 0.5) is 10.5 Å². The van der Waals surface area contributed by atoms with Gasteiger partial charge in [-0.25, -0.2) is 4.79 Å². The number of ether oxygens (including phenoxy) is 1. The molecule has 0 aromatic heterocycles. The zero-order chi connectivity index (χ0) is 14.7. The highest BCUT2D eigenvalue weighted by atomic mass is 16.6. The van der Waals surface area contributed by atoms with Gasteiger partial charge in [-0.1, -0.05) is 18.2 Å². The second-order valence-electron chi connectivity index (χ2n) is 5.50. The molecule has 1 aromatic carbocycles. The first-order valence-electron chi connectivity index (χ1n) is 7.36. The summed E-state index contributed by atoms with van der Waals surface area (Å²) in [5.74, 6) is 0. The fourth-order valence-electron chi connectivity index (χ4n) is 2.93. The number of cyclic esters (lactones) is 1. The Morgan fingerprint density at radius 1 is 1.19 bits per heavy atom. The van der Waals surface area contributed by atoms with Gasteiger partial charge in [-0.3, -0.25) is 4.90 Å². The number of rotatable bonds is 4. The number of aliphatic hydroxyl groups excluding tert-OH is 1. The van der Waals surface area contributed by atoms with E-state index in [0.717, 1.165) is 32.7 Å². The maximum atomic E-state index is 11.2. The Bertz CT molecular complexity index is 474. The number of hydrogen-bond donors (Lipinski definition) is 2. The fourth-order valence-corrected chi connectivity index (χ4v) is 2.93. The van der Waals surface area contributed by atoms with Gasteiger partial charge in [0.25, 0.3) is 0 Å². The van der Waals surface area contributed by atoms with Gasteiger partial charge in [0.15, 0.2) is 0 Å². The van der Waals surface area contributed by atoms with Gasteiger partial charge in [0.05, 0.1) is 12.6 Å². The van der Waals surface area contributed by atoms with Gasteiger partial charge in [-0.2, -0.15) is 0 Å². The Hall–Kier alpha value is -1.79. The SMILES string of the molecule is O=C1N[C@@H](CN2CCN(c3ccccc3)CC2)[C@@H](CO)O1. The normalized spacial score (nSPS) is 26.5. The van der Waals surface area contributed by atoms with E-state index in [-0.39, 0.29) is 12.6 Å². The number of piperazine rings is 1. The van der Waals surface area contributed by atoms with Crippen molar-refractivity contribution in [2.24, 2.45) is 0 Å². The summed E-state index contributed by atoms with van der Waals surface area (Å²) in [5, 5.41) is 12.0. The number of anilines is 1. The molecule has 114 valence electrons. The van der Waals surface area contributed by atoms with Gasteiger partial charge < -0.3 is 20.1 Å². The van der Waals surface area contributed by atoms with Crippen LogP contribution in [-0.4, -0.2) is 67.6 Å². The number of nitrogens with zero attached hydrogens (tertiary/aromatic N) is 2. The molecule has 0 radical (unpaired) electrons. The van der Waals surface area contributed by atoms with Gasteiger partial charge in [0, 0.05) is 38.4 Å². The molecule has 2 atom stereocenters. The third kappa shape index (κ3) is 3.28. The molecule has 0 saturated carbocycles. The monoisotopic (exact) mass is 291 g/mol. The molecule has 21 heavy (non-hydrogen) atoms. The average molecular weight is 291 g/mol. The van der Waals surface area contributed by atoms with Crippen molar-refractivity contribution in [2.45, 2.75) is 12.1 Å². The minimum Gasteiger partial charge on any atom is -0.442 e. The van der Waals surface area contributed by atoms with E-state index in [4.69, 9.17) is 4.74 Å². The van der Waals surface area contributed by atoms with Crippen molar-refractivity contribution in [2.75, 3.05) is 44.2 Å². The highest BCUT2D eigenvalue weighted by Crippen LogP contribution is 2.17. The minimum absolute atomic E-state index is 0.120. The molecule has 2 aliphatic heterocycles. The molecule has 3 rings (SSSR count). The second-order valence-corrected chi connectivity index (χ2v) is 5.50. The van der Waals surface area contributed by atoms with Crippen molar-refractivity contribution in [1.29, 1.82) is 0 Å². The molecule has 1 aromatic rings. The minimum atomic E-state index is -0.429. The third-order valence-electron chi connectivity index (χ3n) is 4.14. The van der Waals surface area contributed by atoms with E-state index in [1.807, 2.05) is 6.07 Å². The number of hydrogen-bond acceptors (Lipinski definition) is 5. The van der Waals surface area contributed by atoms with Crippen LogP contribution in [0.5, 0.6) is 0 Å². The fraction of sp³-hybridized carbons (Fsp3) is 0.533. The summed E-state index contributed by atoms with van der Waals surface area (Å²) in [5.41, 5.74) is 1.25. The van der Waals surface area contributed by atoms with E-state index in [2.05, 4.69) is 39.4 Å². The van der Waals surface area contributed by atoms with Crippen molar-refractivity contribution in [3.63, 3.8) is 0 Å². The third-order valence-corrected chi connectivity index (χ3v) is 4.14. The summed E-state index contributed by atoms with van der Waals surface area (Å²) in [7, 11) is 0. The summed E-state index contributed by atoms with van der Waals surface area (Å²) in [6, 6.07) is 10.3. The van der Waals surface area contributed by atoms with E-state index < -0.39 is 12.2 Å².